The molecule has 104 valence electrons. The van der Waals surface area contributed by atoms with Crippen molar-refractivity contribution >= 4 is 5.97 Å². The van der Waals surface area contributed by atoms with Crippen LogP contribution in [0.15, 0.2) is 54.6 Å². The number of carbonyl (C=O) groups is 1. The predicted molar refractivity (Wildman–Crippen MR) is 78.5 cm³/mol. The molecular weight excluding hydrogens is 252 g/mol. The van der Waals surface area contributed by atoms with Gasteiger partial charge in [0.05, 0.1) is 5.56 Å². The summed E-state index contributed by atoms with van der Waals surface area (Å²) in [5.74, 6) is -0.909. The summed E-state index contributed by atoms with van der Waals surface area (Å²) in [6.07, 6.45) is 0. The van der Waals surface area contributed by atoms with Crippen molar-refractivity contribution in [3.05, 3.63) is 71.3 Å². The van der Waals surface area contributed by atoms with E-state index in [2.05, 4.69) is 5.32 Å². The maximum atomic E-state index is 10.9. The minimum Gasteiger partial charge on any atom is -0.478 e. The smallest absolute Gasteiger partial charge is 0.335 e. The van der Waals surface area contributed by atoms with Gasteiger partial charge in [-0.2, -0.15) is 0 Å². The Morgan fingerprint density at radius 1 is 1.15 bits per heavy atom. The van der Waals surface area contributed by atoms with Crippen LogP contribution in [0.2, 0.25) is 0 Å². The minimum absolute atomic E-state index is 0.0705. The molecule has 0 unspecified atom stereocenters. The fourth-order valence-corrected chi connectivity index (χ4v) is 2.00. The van der Waals surface area contributed by atoms with Crippen molar-refractivity contribution in [3.8, 4) is 0 Å². The molecule has 0 aliphatic heterocycles. The third-order valence-corrected chi connectivity index (χ3v) is 3.10. The van der Waals surface area contributed by atoms with E-state index in [9.17, 15) is 4.79 Å². The minimum atomic E-state index is -0.909. The van der Waals surface area contributed by atoms with E-state index in [0.717, 1.165) is 11.1 Å². The monoisotopic (exact) mass is 270 g/mol. The zero-order chi connectivity index (χ0) is 14.4. The molecule has 2 aromatic carbocycles. The van der Waals surface area contributed by atoms with Gasteiger partial charge in [-0.1, -0.05) is 42.5 Å². The van der Waals surface area contributed by atoms with Gasteiger partial charge in [0.1, 0.15) is 0 Å². The number of nitrogens with one attached hydrogen (secondary N) is 1. The maximum absolute atomic E-state index is 10.9. The Kier molecular flexibility index (Phi) is 4.87. The molecule has 0 amide bonds. The second-order valence-corrected chi connectivity index (χ2v) is 4.65. The molecule has 4 N–H and O–H groups in total. The summed E-state index contributed by atoms with van der Waals surface area (Å²) in [6, 6.07) is 16.7. The van der Waals surface area contributed by atoms with E-state index in [1.807, 2.05) is 36.4 Å². The Bertz CT molecular complexity index is 570. The van der Waals surface area contributed by atoms with Gasteiger partial charge in [-0.3, -0.25) is 0 Å². The summed E-state index contributed by atoms with van der Waals surface area (Å²) >= 11 is 0. The van der Waals surface area contributed by atoms with Crippen LogP contribution in [0.4, 0.5) is 0 Å². The number of aromatic carboxylic acids is 1. The van der Waals surface area contributed by atoms with Crippen molar-refractivity contribution in [3.63, 3.8) is 0 Å². The lowest BCUT2D eigenvalue weighted by Crippen LogP contribution is -2.26. The van der Waals surface area contributed by atoms with Gasteiger partial charge in [0.2, 0.25) is 0 Å². The molecule has 0 saturated heterocycles. The lowest BCUT2D eigenvalue weighted by molar-refractivity contribution is 0.0696. The number of carboxylic acids is 1. The number of rotatable bonds is 6. The molecule has 0 spiro atoms. The van der Waals surface area contributed by atoms with Gasteiger partial charge in [-0.05, 0) is 23.3 Å². The van der Waals surface area contributed by atoms with Crippen LogP contribution in [-0.2, 0) is 6.54 Å². The van der Waals surface area contributed by atoms with Crippen molar-refractivity contribution in [1.82, 2.24) is 5.32 Å². The number of carboxylic acid groups (broad SMARTS) is 1. The first-order valence-electron chi connectivity index (χ1n) is 6.50. The first kappa shape index (κ1) is 14.2. The van der Waals surface area contributed by atoms with Gasteiger partial charge in [-0.15, -0.1) is 0 Å². The third kappa shape index (κ3) is 3.91. The lowest BCUT2D eigenvalue weighted by atomic mass is 10.1. The summed E-state index contributed by atoms with van der Waals surface area (Å²) in [7, 11) is 0. The summed E-state index contributed by atoms with van der Waals surface area (Å²) in [5, 5.41) is 12.2. The van der Waals surface area contributed by atoms with E-state index in [0.29, 0.717) is 18.7 Å². The van der Waals surface area contributed by atoms with E-state index in [-0.39, 0.29) is 6.04 Å². The molecule has 1 atom stereocenters. The van der Waals surface area contributed by atoms with Crippen LogP contribution in [0.5, 0.6) is 0 Å². The Balaban J connectivity index is 1.87. The first-order chi connectivity index (χ1) is 9.66. The molecular formula is C16H18N2O2. The molecule has 0 fully saturated rings. The highest BCUT2D eigenvalue weighted by atomic mass is 16.4. The molecule has 0 aliphatic rings. The van der Waals surface area contributed by atoms with E-state index in [4.69, 9.17) is 10.8 Å². The molecule has 0 heterocycles. The molecule has 4 nitrogen and oxygen atoms in total. The molecule has 4 heteroatoms. The van der Waals surface area contributed by atoms with E-state index >= 15 is 0 Å². The molecule has 2 aromatic rings. The predicted octanol–water partition coefficient (Wildman–Crippen LogP) is 2.17. The summed E-state index contributed by atoms with van der Waals surface area (Å²) in [6.45, 7) is 1.24. The van der Waals surface area contributed by atoms with Gasteiger partial charge in [-0.25, -0.2) is 4.79 Å². The fraction of sp³-hybridized carbons (Fsp3) is 0.188. The van der Waals surface area contributed by atoms with Crippen LogP contribution in [-0.4, -0.2) is 17.6 Å². The fourth-order valence-electron chi connectivity index (χ4n) is 2.00. The standard InChI is InChI=1S/C16H18N2O2/c17-15(13-6-2-1-3-7-13)11-18-10-12-5-4-8-14(9-12)16(19)20/h1-9,15,18H,10-11,17H2,(H,19,20)/t15-/m0/s1. The zero-order valence-corrected chi connectivity index (χ0v) is 11.1. The van der Waals surface area contributed by atoms with E-state index in [1.165, 1.54) is 0 Å². The summed E-state index contributed by atoms with van der Waals surface area (Å²) in [5.41, 5.74) is 8.40. The normalized spacial score (nSPS) is 12.1. The number of benzene rings is 2. The second-order valence-electron chi connectivity index (χ2n) is 4.65. The largest absolute Gasteiger partial charge is 0.478 e. The van der Waals surface area contributed by atoms with Gasteiger partial charge in [0, 0.05) is 19.1 Å². The van der Waals surface area contributed by atoms with Crippen molar-refractivity contribution in [1.29, 1.82) is 0 Å². The highest BCUT2D eigenvalue weighted by Gasteiger charge is 2.06. The second kappa shape index (κ2) is 6.84. The first-order valence-corrected chi connectivity index (χ1v) is 6.50. The van der Waals surface area contributed by atoms with Gasteiger partial charge in [0.25, 0.3) is 0 Å². The van der Waals surface area contributed by atoms with Gasteiger partial charge < -0.3 is 16.2 Å². The quantitative estimate of drug-likeness (QED) is 0.752. The molecule has 0 aliphatic carbocycles. The van der Waals surface area contributed by atoms with E-state index < -0.39 is 5.97 Å². The van der Waals surface area contributed by atoms with Crippen molar-refractivity contribution < 1.29 is 9.90 Å². The SMILES string of the molecule is N[C@@H](CNCc1cccc(C(=O)O)c1)c1ccccc1. The third-order valence-electron chi connectivity index (χ3n) is 3.10. The van der Waals surface area contributed by atoms with Crippen LogP contribution >= 0.6 is 0 Å². The molecule has 20 heavy (non-hydrogen) atoms. The maximum Gasteiger partial charge on any atom is 0.335 e. The Hall–Kier alpha value is -2.17. The lowest BCUT2D eigenvalue weighted by Gasteiger charge is -2.13. The van der Waals surface area contributed by atoms with Crippen LogP contribution in [0.3, 0.4) is 0 Å². The van der Waals surface area contributed by atoms with Crippen LogP contribution in [0.25, 0.3) is 0 Å². The van der Waals surface area contributed by atoms with Gasteiger partial charge in [0.15, 0.2) is 0 Å². The number of hydrogen-bond acceptors (Lipinski definition) is 3. The molecule has 2 rings (SSSR count). The Morgan fingerprint density at radius 2 is 1.90 bits per heavy atom. The number of nitrogens with two attached hydrogens (primary N) is 1. The molecule has 0 saturated carbocycles. The highest BCUT2D eigenvalue weighted by molar-refractivity contribution is 5.87. The zero-order valence-electron chi connectivity index (χ0n) is 11.1. The Morgan fingerprint density at radius 3 is 2.60 bits per heavy atom. The van der Waals surface area contributed by atoms with Crippen molar-refractivity contribution in [2.24, 2.45) is 5.73 Å². The van der Waals surface area contributed by atoms with Crippen LogP contribution < -0.4 is 11.1 Å². The van der Waals surface area contributed by atoms with Crippen molar-refractivity contribution in [2.45, 2.75) is 12.6 Å². The van der Waals surface area contributed by atoms with Crippen LogP contribution in [0.1, 0.15) is 27.5 Å². The number of hydrogen-bond donors (Lipinski definition) is 3. The highest BCUT2D eigenvalue weighted by Crippen LogP contribution is 2.09. The Labute approximate surface area is 118 Å². The molecule has 0 radical (unpaired) electrons. The molecule has 0 aromatic heterocycles. The summed E-state index contributed by atoms with van der Waals surface area (Å²) < 4.78 is 0. The van der Waals surface area contributed by atoms with Gasteiger partial charge >= 0.3 is 5.97 Å². The van der Waals surface area contributed by atoms with E-state index in [1.54, 1.807) is 18.2 Å². The summed E-state index contributed by atoms with van der Waals surface area (Å²) in [4.78, 5) is 10.9. The topological polar surface area (TPSA) is 75.3 Å². The molecule has 0 bridgehead atoms. The average molecular weight is 270 g/mol. The van der Waals surface area contributed by atoms with Crippen LogP contribution in [0, 0.1) is 0 Å². The van der Waals surface area contributed by atoms with Crippen molar-refractivity contribution in [2.75, 3.05) is 6.54 Å². The average Bonchev–Trinajstić information content (AvgIpc) is 2.48.